The van der Waals surface area contributed by atoms with Crippen molar-refractivity contribution in [3.63, 3.8) is 0 Å². The van der Waals surface area contributed by atoms with Gasteiger partial charge in [-0.3, -0.25) is 0 Å². The van der Waals surface area contributed by atoms with Crippen molar-refractivity contribution in [1.29, 1.82) is 0 Å². The summed E-state index contributed by atoms with van der Waals surface area (Å²) >= 11 is 0. The summed E-state index contributed by atoms with van der Waals surface area (Å²) in [4.78, 5) is 0. The van der Waals surface area contributed by atoms with Gasteiger partial charge < -0.3 is 9.84 Å². The molecule has 0 bridgehead atoms. The molecule has 1 unspecified atom stereocenters. The zero-order chi connectivity index (χ0) is 15.7. The number of ether oxygens (including phenoxy) is 1. The van der Waals surface area contributed by atoms with E-state index in [-0.39, 0.29) is 5.56 Å². The summed E-state index contributed by atoms with van der Waals surface area (Å²) in [6, 6.07) is 4.56. The van der Waals surface area contributed by atoms with E-state index in [2.05, 4.69) is 0 Å². The topological polar surface area (TPSA) is 29.5 Å². The highest BCUT2D eigenvalue weighted by Gasteiger charge is 2.23. The zero-order valence-electron chi connectivity index (χ0n) is 11.9. The van der Waals surface area contributed by atoms with Crippen molar-refractivity contribution < 1.29 is 23.0 Å². The largest absolute Gasteiger partial charge is 0.496 e. The van der Waals surface area contributed by atoms with Crippen molar-refractivity contribution in [1.82, 2.24) is 0 Å². The number of hydrogen-bond acceptors (Lipinski definition) is 2. The van der Waals surface area contributed by atoms with Gasteiger partial charge in [-0.25, -0.2) is 13.2 Å². The third-order valence-corrected chi connectivity index (χ3v) is 3.32. The maximum Gasteiger partial charge on any atom is 0.161 e. The molecule has 0 aliphatic rings. The van der Waals surface area contributed by atoms with Gasteiger partial charge in [-0.05, 0) is 37.1 Å². The van der Waals surface area contributed by atoms with Crippen LogP contribution in [0.15, 0.2) is 24.3 Å². The maximum absolute atomic E-state index is 13.8. The van der Waals surface area contributed by atoms with Crippen LogP contribution in [0.25, 0.3) is 0 Å². The van der Waals surface area contributed by atoms with Gasteiger partial charge in [-0.1, -0.05) is 6.07 Å². The summed E-state index contributed by atoms with van der Waals surface area (Å²) in [7, 11) is 1.42. The number of methoxy groups -OCH3 is 1. The van der Waals surface area contributed by atoms with Crippen molar-refractivity contribution in [2.75, 3.05) is 7.11 Å². The number of aliphatic hydroxyl groups is 1. The first kappa shape index (κ1) is 15.4. The molecule has 1 atom stereocenters. The lowest BCUT2D eigenvalue weighted by molar-refractivity contribution is 0.207. The molecule has 1 N–H and O–H groups in total. The molecular formula is C16H15F3O2. The summed E-state index contributed by atoms with van der Waals surface area (Å²) < 4.78 is 45.3. The van der Waals surface area contributed by atoms with E-state index in [9.17, 15) is 18.3 Å². The molecule has 2 rings (SSSR count). The molecule has 2 aromatic carbocycles. The fourth-order valence-corrected chi connectivity index (χ4v) is 2.36. The number of rotatable bonds is 3. The lowest BCUT2D eigenvalue weighted by Crippen LogP contribution is -2.08. The molecule has 2 nitrogen and oxygen atoms in total. The van der Waals surface area contributed by atoms with Gasteiger partial charge in [0.15, 0.2) is 11.6 Å². The van der Waals surface area contributed by atoms with E-state index in [4.69, 9.17) is 4.74 Å². The number of benzene rings is 2. The molecule has 0 aromatic heterocycles. The molecule has 112 valence electrons. The Bertz CT molecular complexity index is 684. The number of halogens is 3. The Morgan fingerprint density at radius 1 is 0.952 bits per heavy atom. The molecule has 0 heterocycles. The van der Waals surface area contributed by atoms with Crippen molar-refractivity contribution in [2.24, 2.45) is 0 Å². The highest BCUT2D eigenvalue weighted by atomic mass is 19.2. The Hall–Kier alpha value is -2.01. The third-order valence-electron chi connectivity index (χ3n) is 3.32. The van der Waals surface area contributed by atoms with E-state index in [0.717, 1.165) is 5.56 Å². The number of hydrogen-bond donors (Lipinski definition) is 1. The minimum absolute atomic E-state index is 0.327. The normalized spacial score (nSPS) is 12.3. The van der Waals surface area contributed by atoms with E-state index in [0.29, 0.717) is 29.0 Å². The lowest BCUT2D eigenvalue weighted by Gasteiger charge is -2.19. The van der Waals surface area contributed by atoms with Gasteiger partial charge in [0.1, 0.15) is 17.7 Å². The summed E-state index contributed by atoms with van der Waals surface area (Å²) in [6.45, 7) is 3.58. The van der Waals surface area contributed by atoms with Crippen molar-refractivity contribution in [3.05, 3.63) is 64.0 Å². The smallest absolute Gasteiger partial charge is 0.161 e. The van der Waals surface area contributed by atoms with Gasteiger partial charge in [0.25, 0.3) is 0 Å². The van der Waals surface area contributed by atoms with Crippen LogP contribution in [0, 0.1) is 31.3 Å². The van der Waals surface area contributed by atoms with E-state index in [1.54, 1.807) is 19.1 Å². The van der Waals surface area contributed by atoms with E-state index in [1.165, 1.54) is 7.11 Å². The second-order valence-electron chi connectivity index (χ2n) is 4.89. The molecule has 21 heavy (non-hydrogen) atoms. The quantitative estimate of drug-likeness (QED) is 0.873. The summed E-state index contributed by atoms with van der Waals surface area (Å²) in [5, 5.41) is 10.4. The first-order valence-electron chi connectivity index (χ1n) is 6.32. The van der Waals surface area contributed by atoms with Crippen LogP contribution in [-0.2, 0) is 0 Å². The average Bonchev–Trinajstić information content (AvgIpc) is 2.41. The summed E-state index contributed by atoms with van der Waals surface area (Å²) in [5.41, 5.74) is 1.57. The molecule has 2 aromatic rings. The molecule has 0 amide bonds. The van der Waals surface area contributed by atoms with Crippen molar-refractivity contribution >= 4 is 0 Å². The summed E-state index contributed by atoms with van der Waals surface area (Å²) in [5.74, 6) is -3.15. The molecule has 0 saturated carbocycles. The van der Waals surface area contributed by atoms with Crippen LogP contribution in [-0.4, -0.2) is 12.2 Å². The van der Waals surface area contributed by atoms with Crippen LogP contribution >= 0.6 is 0 Å². The highest BCUT2D eigenvalue weighted by molar-refractivity contribution is 5.48. The van der Waals surface area contributed by atoms with Crippen LogP contribution in [0.5, 0.6) is 5.75 Å². The van der Waals surface area contributed by atoms with Gasteiger partial charge in [0.2, 0.25) is 0 Å². The van der Waals surface area contributed by atoms with Crippen LogP contribution in [0.3, 0.4) is 0 Å². The summed E-state index contributed by atoms with van der Waals surface area (Å²) in [6.07, 6.45) is -1.45. The zero-order valence-corrected chi connectivity index (χ0v) is 11.9. The van der Waals surface area contributed by atoms with Gasteiger partial charge in [0.05, 0.1) is 7.11 Å². The molecule has 5 heteroatoms. The highest BCUT2D eigenvalue weighted by Crippen LogP contribution is 2.35. The van der Waals surface area contributed by atoms with Gasteiger partial charge in [-0.15, -0.1) is 0 Å². The molecule has 0 aliphatic carbocycles. The van der Waals surface area contributed by atoms with E-state index >= 15 is 0 Å². The lowest BCUT2D eigenvalue weighted by atomic mass is 9.94. The molecule has 0 aliphatic heterocycles. The Kier molecular flexibility index (Phi) is 4.23. The van der Waals surface area contributed by atoms with Crippen LogP contribution in [0.4, 0.5) is 13.2 Å². The number of aliphatic hydroxyl groups excluding tert-OH is 1. The molecule has 0 radical (unpaired) electrons. The molecule has 0 fully saturated rings. The fourth-order valence-electron chi connectivity index (χ4n) is 2.36. The predicted octanol–water partition coefficient (Wildman–Crippen LogP) is 3.81. The van der Waals surface area contributed by atoms with Crippen molar-refractivity contribution in [2.45, 2.75) is 20.0 Å². The minimum atomic E-state index is -1.45. The SMILES string of the molecule is COc1cc(C)cc(C)c1C(O)c1cc(F)c(F)cc1F. The van der Waals surface area contributed by atoms with Crippen LogP contribution < -0.4 is 4.74 Å². The third kappa shape index (κ3) is 2.88. The van der Waals surface area contributed by atoms with Gasteiger partial charge in [0, 0.05) is 17.2 Å². The van der Waals surface area contributed by atoms with Crippen molar-refractivity contribution in [3.8, 4) is 5.75 Å². The fraction of sp³-hybridized carbons (Fsp3) is 0.250. The molecule has 0 spiro atoms. The standard InChI is InChI=1S/C16H15F3O2/c1-8-4-9(2)15(14(5-8)21-3)16(20)10-6-12(18)13(19)7-11(10)17/h4-7,16,20H,1-3H3. The van der Waals surface area contributed by atoms with Crippen LogP contribution in [0.1, 0.15) is 28.4 Å². The first-order chi connectivity index (χ1) is 9.85. The second-order valence-corrected chi connectivity index (χ2v) is 4.89. The molecular weight excluding hydrogens is 281 g/mol. The minimum Gasteiger partial charge on any atom is -0.496 e. The monoisotopic (exact) mass is 296 g/mol. The average molecular weight is 296 g/mol. The van der Waals surface area contributed by atoms with Crippen LogP contribution in [0.2, 0.25) is 0 Å². The first-order valence-corrected chi connectivity index (χ1v) is 6.32. The van der Waals surface area contributed by atoms with E-state index in [1.807, 2.05) is 6.92 Å². The Balaban J connectivity index is 2.60. The predicted molar refractivity (Wildman–Crippen MR) is 72.8 cm³/mol. The Morgan fingerprint density at radius 3 is 2.19 bits per heavy atom. The number of aryl methyl sites for hydroxylation is 2. The van der Waals surface area contributed by atoms with Gasteiger partial charge in [-0.2, -0.15) is 0 Å². The van der Waals surface area contributed by atoms with E-state index < -0.39 is 23.6 Å². The Morgan fingerprint density at radius 2 is 1.57 bits per heavy atom. The second kappa shape index (κ2) is 5.77. The molecule has 0 saturated heterocycles. The Labute approximate surface area is 120 Å². The maximum atomic E-state index is 13.8. The van der Waals surface area contributed by atoms with Gasteiger partial charge >= 0.3 is 0 Å².